The zero-order valence-corrected chi connectivity index (χ0v) is 8.41. The first-order chi connectivity index (χ1) is 6.38. The first-order valence-electron chi connectivity index (χ1n) is 4.30. The summed E-state index contributed by atoms with van der Waals surface area (Å²) in [6, 6.07) is -1.12. The summed E-state index contributed by atoms with van der Waals surface area (Å²) in [6.07, 6.45) is -7.58. The highest BCUT2D eigenvalue weighted by molar-refractivity contribution is 4.84. The van der Waals surface area contributed by atoms with Crippen molar-refractivity contribution in [3.63, 3.8) is 0 Å². The lowest BCUT2D eigenvalue weighted by atomic mass is 9.94. The standard InChI is InChI=1S/C8H14F5NO/c1-6(2,15)5(14)3-4-7(9,10)8(11,12)13/h5,15H,3-4,14H2,1-2H3. The summed E-state index contributed by atoms with van der Waals surface area (Å²) in [6.45, 7) is 2.51. The predicted molar refractivity (Wildman–Crippen MR) is 44.5 cm³/mol. The molecule has 7 heteroatoms. The highest BCUT2D eigenvalue weighted by Crippen LogP contribution is 2.39. The van der Waals surface area contributed by atoms with Crippen molar-refractivity contribution < 1.29 is 27.1 Å². The molecular weight excluding hydrogens is 221 g/mol. The van der Waals surface area contributed by atoms with E-state index in [2.05, 4.69) is 0 Å². The van der Waals surface area contributed by atoms with Crippen LogP contribution in [0.1, 0.15) is 26.7 Å². The number of aliphatic hydroxyl groups is 1. The van der Waals surface area contributed by atoms with E-state index < -0.39 is 36.6 Å². The maximum atomic E-state index is 12.4. The molecule has 0 radical (unpaired) electrons. The molecule has 15 heavy (non-hydrogen) atoms. The fourth-order valence-corrected chi connectivity index (χ4v) is 0.832. The third-order valence-corrected chi connectivity index (χ3v) is 2.09. The second-order valence-electron chi connectivity index (χ2n) is 4.00. The van der Waals surface area contributed by atoms with Gasteiger partial charge in [-0.05, 0) is 20.3 Å². The van der Waals surface area contributed by atoms with E-state index in [-0.39, 0.29) is 0 Å². The van der Waals surface area contributed by atoms with E-state index in [1.807, 2.05) is 0 Å². The van der Waals surface area contributed by atoms with Crippen LogP contribution in [0.5, 0.6) is 0 Å². The molecular formula is C8H14F5NO. The summed E-state index contributed by atoms with van der Waals surface area (Å²) in [7, 11) is 0. The van der Waals surface area contributed by atoms with Crippen LogP contribution in [0.15, 0.2) is 0 Å². The van der Waals surface area contributed by atoms with Crippen LogP contribution < -0.4 is 5.73 Å². The van der Waals surface area contributed by atoms with Gasteiger partial charge in [-0.2, -0.15) is 22.0 Å². The van der Waals surface area contributed by atoms with Crippen LogP contribution in [0, 0.1) is 0 Å². The molecule has 0 aromatic rings. The van der Waals surface area contributed by atoms with Gasteiger partial charge in [0, 0.05) is 12.5 Å². The molecule has 0 fully saturated rings. The summed E-state index contributed by atoms with van der Waals surface area (Å²) in [4.78, 5) is 0. The number of nitrogens with two attached hydrogens (primary N) is 1. The number of hydrogen-bond donors (Lipinski definition) is 2. The zero-order valence-electron chi connectivity index (χ0n) is 8.41. The average Bonchev–Trinajstić information content (AvgIpc) is 1.96. The lowest BCUT2D eigenvalue weighted by molar-refractivity contribution is -0.285. The average molecular weight is 235 g/mol. The third kappa shape index (κ3) is 4.29. The van der Waals surface area contributed by atoms with Crippen LogP contribution in [0.25, 0.3) is 0 Å². The van der Waals surface area contributed by atoms with Crippen molar-refractivity contribution in [1.82, 2.24) is 0 Å². The molecule has 92 valence electrons. The van der Waals surface area contributed by atoms with Gasteiger partial charge in [-0.15, -0.1) is 0 Å². The maximum absolute atomic E-state index is 12.4. The van der Waals surface area contributed by atoms with E-state index in [0.29, 0.717) is 0 Å². The Morgan fingerprint density at radius 2 is 1.53 bits per heavy atom. The molecule has 0 aromatic heterocycles. The van der Waals surface area contributed by atoms with E-state index in [9.17, 15) is 27.1 Å². The summed E-state index contributed by atoms with van der Waals surface area (Å²) in [5.74, 6) is -4.75. The predicted octanol–water partition coefficient (Wildman–Crippen LogP) is 2.06. The molecule has 0 heterocycles. The lowest BCUT2D eigenvalue weighted by Crippen LogP contribution is -2.45. The van der Waals surface area contributed by atoms with Crippen molar-refractivity contribution in [2.24, 2.45) is 5.73 Å². The normalized spacial score (nSPS) is 16.6. The number of alkyl halides is 5. The number of halogens is 5. The van der Waals surface area contributed by atoms with Crippen molar-refractivity contribution >= 4 is 0 Å². The molecule has 0 rings (SSSR count). The number of rotatable bonds is 4. The minimum absolute atomic E-state index is 0.601. The van der Waals surface area contributed by atoms with Gasteiger partial charge < -0.3 is 10.8 Å². The van der Waals surface area contributed by atoms with E-state index in [0.717, 1.165) is 0 Å². The maximum Gasteiger partial charge on any atom is 0.453 e. The molecule has 0 aliphatic heterocycles. The second-order valence-corrected chi connectivity index (χ2v) is 4.00. The Bertz CT molecular complexity index is 208. The molecule has 3 N–H and O–H groups in total. The van der Waals surface area contributed by atoms with Gasteiger partial charge in [0.05, 0.1) is 5.60 Å². The largest absolute Gasteiger partial charge is 0.453 e. The molecule has 0 saturated heterocycles. The van der Waals surface area contributed by atoms with Gasteiger partial charge in [0.25, 0.3) is 0 Å². The molecule has 0 spiro atoms. The Morgan fingerprint density at radius 3 is 1.80 bits per heavy atom. The summed E-state index contributed by atoms with van der Waals surface area (Å²) in [5, 5.41) is 9.23. The monoisotopic (exact) mass is 235 g/mol. The first-order valence-corrected chi connectivity index (χ1v) is 4.30. The van der Waals surface area contributed by atoms with Crippen LogP contribution in [0.2, 0.25) is 0 Å². The number of hydrogen-bond acceptors (Lipinski definition) is 2. The topological polar surface area (TPSA) is 46.2 Å². The molecule has 2 nitrogen and oxygen atoms in total. The summed E-state index contributed by atoms with van der Waals surface area (Å²) >= 11 is 0. The van der Waals surface area contributed by atoms with Gasteiger partial charge >= 0.3 is 12.1 Å². The van der Waals surface area contributed by atoms with Gasteiger partial charge in [-0.25, -0.2) is 0 Å². The molecule has 0 aliphatic rings. The summed E-state index contributed by atoms with van der Waals surface area (Å²) in [5.41, 5.74) is 3.78. The van der Waals surface area contributed by atoms with Crippen LogP contribution in [0.4, 0.5) is 22.0 Å². The molecule has 0 saturated carbocycles. The fourth-order valence-electron chi connectivity index (χ4n) is 0.832. The van der Waals surface area contributed by atoms with Crippen LogP contribution >= 0.6 is 0 Å². The smallest absolute Gasteiger partial charge is 0.389 e. The van der Waals surface area contributed by atoms with Crippen molar-refractivity contribution in [3.8, 4) is 0 Å². The second kappa shape index (κ2) is 4.21. The van der Waals surface area contributed by atoms with Gasteiger partial charge in [-0.3, -0.25) is 0 Å². The molecule has 0 aromatic carbocycles. The Labute approximate surface area is 84.3 Å². The Kier molecular flexibility index (Phi) is 4.09. The van der Waals surface area contributed by atoms with E-state index >= 15 is 0 Å². The zero-order chi connectivity index (χ0) is 12.5. The minimum Gasteiger partial charge on any atom is -0.389 e. The molecule has 1 unspecified atom stereocenters. The van der Waals surface area contributed by atoms with Gasteiger partial charge in [-0.1, -0.05) is 0 Å². The molecule has 0 aliphatic carbocycles. The Balaban J connectivity index is 4.29. The lowest BCUT2D eigenvalue weighted by Gasteiger charge is -2.27. The van der Waals surface area contributed by atoms with E-state index in [1.54, 1.807) is 0 Å². The Morgan fingerprint density at radius 1 is 1.13 bits per heavy atom. The fraction of sp³-hybridized carbons (Fsp3) is 1.00. The van der Waals surface area contributed by atoms with Gasteiger partial charge in [0.1, 0.15) is 0 Å². The molecule has 0 amide bonds. The van der Waals surface area contributed by atoms with Crippen LogP contribution in [0.3, 0.4) is 0 Å². The van der Waals surface area contributed by atoms with Crippen LogP contribution in [-0.2, 0) is 0 Å². The van der Waals surface area contributed by atoms with Crippen molar-refractivity contribution in [3.05, 3.63) is 0 Å². The van der Waals surface area contributed by atoms with Crippen molar-refractivity contribution in [2.75, 3.05) is 0 Å². The Hall–Kier alpha value is -0.430. The third-order valence-electron chi connectivity index (χ3n) is 2.09. The molecule has 0 bridgehead atoms. The van der Waals surface area contributed by atoms with Gasteiger partial charge in [0.2, 0.25) is 0 Å². The van der Waals surface area contributed by atoms with Crippen molar-refractivity contribution in [1.29, 1.82) is 0 Å². The minimum atomic E-state index is -5.56. The SMILES string of the molecule is CC(C)(O)C(N)CCC(F)(F)C(F)(F)F. The quantitative estimate of drug-likeness (QED) is 0.732. The highest BCUT2D eigenvalue weighted by Gasteiger charge is 2.56. The van der Waals surface area contributed by atoms with E-state index in [1.165, 1.54) is 13.8 Å². The summed E-state index contributed by atoms with van der Waals surface area (Å²) < 4.78 is 60.0. The first kappa shape index (κ1) is 14.6. The van der Waals surface area contributed by atoms with E-state index in [4.69, 9.17) is 5.73 Å². The molecule has 1 atom stereocenters. The highest BCUT2D eigenvalue weighted by atomic mass is 19.4. The van der Waals surface area contributed by atoms with Crippen molar-refractivity contribution in [2.45, 2.75) is 50.4 Å². The van der Waals surface area contributed by atoms with Gasteiger partial charge in [0.15, 0.2) is 0 Å². The van der Waals surface area contributed by atoms with Crippen LogP contribution in [-0.4, -0.2) is 28.8 Å².